The summed E-state index contributed by atoms with van der Waals surface area (Å²) in [6, 6.07) is 11.4. The molecule has 2 aliphatic rings. The number of ether oxygens (including phenoxy) is 4. The van der Waals surface area contributed by atoms with Gasteiger partial charge in [0.15, 0.2) is 18.2 Å². The van der Waals surface area contributed by atoms with Crippen LogP contribution >= 0.6 is 0 Å². The van der Waals surface area contributed by atoms with Crippen molar-refractivity contribution in [1.82, 2.24) is 0 Å². The fourth-order valence-electron chi connectivity index (χ4n) is 3.09. The molecule has 0 N–H and O–H groups in total. The van der Waals surface area contributed by atoms with E-state index >= 15 is 0 Å². The third-order valence-electron chi connectivity index (χ3n) is 4.10. The molecular formula is C17H21NO7S. The van der Waals surface area contributed by atoms with E-state index in [0.29, 0.717) is 0 Å². The van der Waals surface area contributed by atoms with Crippen LogP contribution in [0.1, 0.15) is 19.4 Å². The van der Waals surface area contributed by atoms with Crippen LogP contribution in [0.3, 0.4) is 0 Å². The maximum absolute atomic E-state index is 11.8. The molecule has 2 heterocycles. The molecule has 9 heteroatoms. The van der Waals surface area contributed by atoms with Crippen molar-refractivity contribution in [3.63, 3.8) is 0 Å². The number of benzene rings is 1. The van der Waals surface area contributed by atoms with Crippen LogP contribution in [0, 0.1) is 11.3 Å². The Hall–Kier alpha value is -1.54. The van der Waals surface area contributed by atoms with E-state index in [1.807, 2.05) is 36.4 Å². The average Bonchev–Trinajstić information content (AvgIpc) is 2.99. The van der Waals surface area contributed by atoms with Crippen molar-refractivity contribution in [2.45, 2.75) is 50.3 Å². The summed E-state index contributed by atoms with van der Waals surface area (Å²) in [4.78, 5) is 0. The first-order valence-corrected chi connectivity index (χ1v) is 9.91. The van der Waals surface area contributed by atoms with Crippen LogP contribution < -0.4 is 0 Å². The molecule has 26 heavy (non-hydrogen) atoms. The second kappa shape index (κ2) is 6.88. The van der Waals surface area contributed by atoms with Crippen LogP contribution in [-0.2, 0) is 39.9 Å². The first-order valence-electron chi connectivity index (χ1n) is 8.10. The Balaban J connectivity index is 1.78. The van der Waals surface area contributed by atoms with Crippen molar-refractivity contribution in [1.29, 1.82) is 5.26 Å². The number of hydrogen-bond acceptors (Lipinski definition) is 8. The minimum absolute atomic E-state index is 0.0574. The number of hydrogen-bond donors (Lipinski definition) is 0. The fourth-order valence-corrected chi connectivity index (χ4v) is 3.83. The second-order valence-corrected chi connectivity index (χ2v) is 8.32. The van der Waals surface area contributed by atoms with Gasteiger partial charge in [0.1, 0.15) is 12.2 Å². The molecule has 0 unspecified atom stereocenters. The van der Waals surface area contributed by atoms with Gasteiger partial charge >= 0.3 is 0 Å². The largest absolute Gasteiger partial charge is 0.374 e. The van der Waals surface area contributed by atoms with Crippen molar-refractivity contribution in [3.8, 4) is 6.07 Å². The van der Waals surface area contributed by atoms with Gasteiger partial charge in [-0.05, 0) is 19.4 Å². The topological polar surface area (TPSA) is 104 Å². The lowest BCUT2D eigenvalue weighted by Crippen LogP contribution is -2.52. The molecule has 2 aliphatic heterocycles. The van der Waals surface area contributed by atoms with E-state index in [4.69, 9.17) is 23.1 Å². The summed E-state index contributed by atoms with van der Waals surface area (Å²) in [5.74, 6) is -1.02. The lowest BCUT2D eigenvalue weighted by atomic mass is 9.94. The van der Waals surface area contributed by atoms with Gasteiger partial charge in [-0.3, -0.25) is 0 Å². The van der Waals surface area contributed by atoms with Gasteiger partial charge in [0.2, 0.25) is 5.60 Å². The molecule has 0 spiro atoms. The maximum atomic E-state index is 11.8. The van der Waals surface area contributed by atoms with Gasteiger partial charge in [-0.2, -0.15) is 13.7 Å². The summed E-state index contributed by atoms with van der Waals surface area (Å²) in [6.07, 6.45) is -2.04. The second-order valence-electron chi connectivity index (χ2n) is 6.74. The summed E-state index contributed by atoms with van der Waals surface area (Å²) in [7, 11) is -3.96. The zero-order valence-electron chi connectivity index (χ0n) is 14.7. The Morgan fingerprint density at radius 2 is 1.92 bits per heavy atom. The van der Waals surface area contributed by atoms with Crippen LogP contribution in [0.15, 0.2) is 30.3 Å². The summed E-state index contributed by atoms with van der Waals surface area (Å²) in [6.45, 7) is 3.53. The fraction of sp³-hybridized carbons (Fsp3) is 0.588. The predicted molar refractivity (Wildman–Crippen MR) is 89.1 cm³/mol. The number of fused-ring (bicyclic) bond motifs is 1. The predicted octanol–water partition coefficient (Wildman–Crippen LogP) is 1.32. The Labute approximate surface area is 152 Å². The highest BCUT2D eigenvalue weighted by atomic mass is 32.2. The van der Waals surface area contributed by atoms with Crippen molar-refractivity contribution < 1.29 is 31.5 Å². The summed E-state index contributed by atoms with van der Waals surface area (Å²) in [5.41, 5.74) is -0.950. The molecule has 2 saturated heterocycles. The highest BCUT2D eigenvalue weighted by Crippen LogP contribution is 2.45. The Morgan fingerprint density at radius 3 is 2.54 bits per heavy atom. The Kier molecular flexibility index (Phi) is 5.09. The molecule has 1 aromatic rings. The molecule has 0 aliphatic carbocycles. The highest BCUT2D eigenvalue weighted by molar-refractivity contribution is 7.86. The minimum Gasteiger partial charge on any atom is -0.374 e. The molecule has 0 saturated carbocycles. The van der Waals surface area contributed by atoms with Crippen LogP contribution in [0.25, 0.3) is 0 Å². The lowest BCUT2D eigenvalue weighted by molar-refractivity contribution is -0.225. The van der Waals surface area contributed by atoms with Gasteiger partial charge in [0, 0.05) is 0 Å². The number of nitrogens with zero attached hydrogens (tertiary/aromatic N) is 1. The molecule has 1 aromatic carbocycles. The SMILES string of the molecule is CC1(C)O[C@H]2O[C@H](COCc3ccccc3)[C@@](C#N)(OS(C)(=O)=O)[C@H]2O1. The Bertz CT molecular complexity index is 789. The molecule has 0 radical (unpaired) electrons. The molecule has 4 atom stereocenters. The van der Waals surface area contributed by atoms with Crippen molar-refractivity contribution in [2.24, 2.45) is 0 Å². The van der Waals surface area contributed by atoms with Gasteiger partial charge in [-0.25, -0.2) is 4.18 Å². The Morgan fingerprint density at radius 1 is 1.23 bits per heavy atom. The van der Waals surface area contributed by atoms with Crippen molar-refractivity contribution >= 4 is 10.1 Å². The monoisotopic (exact) mass is 383 g/mol. The van der Waals surface area contributed by atoms with E-state index < -0.39 is 40.0 Å². The molecule has 8 nitrogen and oxygen atoms in total. The van der Waals surface area contributed by atoms with Crippen LogP contribution in [0.4, 0.5) is 0 Å². The van der Waals surface area contributed by atoms with E-state index in [-0.39, 0.29) is 13.2 Å². The molecule has 3 rings (SSSR count). The van der Waals surface area contributed by atoms with E-state index in [2.05, 4.69) is 0 Å². The third kappa shape index (κ3) is 3.91. The van der Waals surface area contributed by atoms with Gasteiger partial charge in [-0.1, -0.05) is 30.3 Å². The number of nitriles is 1. The number of rotatable bonds is 6. The first-order chi connectivity index (χ1) is 12.2. The van der Waals surface area contributed by atoms with E-state index in [9.17, 15) is 13.7 Å². The van der Waals surface area contributed by atoms with Crippen LogP contribution in [-0.4, -0.2) is 51.2 Å². The molecule has 0 bridgehead atoms. The molecule has 2 fully saturated rings. The van der Waals surface area contributed by atoms with Crippen molar-refractivity contribution in [2.75, 3.05) is 12.9 Å². The quantitative estimate of drug-likeness (QED) is 0.678. The lowest BCUT2D eigenvalue weighted by Gasteiger charge is -2.31. The molecule has 0 aromatic heterocycles. The zero-order chi connectivity index (χ0) is 19.0. The van der Waals surface area contributed by atoms with E-state index in [1.54, 1.807) is 13.8 Å². The zero-order valence-corrected chi connectivity index (χ0v) is 15.6. The van der Waals surface area contributed by atoms with Crippen molar-refractivity contribution in [3.05, 3.63) is 35.9 Å². The normalized spacial score (nSPS) is 32.9. The molecule has 0 amide bonds. The minimum atomic E-state index is -3.96. The highest BCUT2D eigenvalue weighted by Gasteiger charge is 2.67. The van der Waals surface area contributed by atoms with Gasteiger partial charge in [0.05, 0.1) is 19.5 Å². The average molecular weight is 383 g/mol. The van der Waals surface area contributed by atoms with Crippen LogP contribution in [0.5, 0.6) is 0 Å². The summed E-state index contributed by atoms with van der Waals surface area (Å²) < 4.78 is 51.4. The van der Waals surface area contributed by atoms with E-state index in [1.165, 1.54) is 0 Å². The smallest absolute Gasteiger partial charge is 0.266 e. The van der Waals surface area contributed by atoms with Gasteiger partial charge < -0.3 is 18.9 Å². The first kappa shape index (κ1) is 19.2. The maximum Gasteiger partial charge on any atom is 0.266 e. The van der Waals surface area contributed by atoms with Crippen LogP contribution in [0.2, 0.25) is 0 Å². The third-order valence-corrected chi connectivity index (χ3v) is 4.68. The van der Waals surface area contributed by atoms with Gasteiger partial charge in [-0.15, -0.1) is 0 Å². The van der Waals surface area contributed by atoms with E-state index in [0.717, 1.165) is 11.8 Å². The summed E-state index contributed by atoms with van der Waals surface area (Å²) >= 11 is 0. The summed E-state index contributed by atoms with van der Waals surface area (Å²) in [5, 5.41) is 9.77. The molecular weight excluding hydrogens is 362 g/mol. The van der Waals surface area contributed by atoms with Gasteiger partial charge in [0.25, 0.3) is 10.1 Å². The molecule has 142 valence electrons. The standard InChI is InChI=1S/C17H21NO7S/c1-16(2)23-14-15(24-16)22-13(17(14,11-18)25-26(3,19)20)10-21-9-12-7-5-4-6-8-12/h4-8,13-15H,9-10H2,1-3H3/t13-,14+,15-,17-/m1/s1.